The lowest BCUT2D eigenvalue weighted by molar-refractivity contribution is -0.123. The molecule has 0 saturated heterocycles. The zero-order valence-corrected chi connectivity index (χ0v) is 15.6. The first kappa shape index (κ1) is 19.1. The number of likely N-dealkylation sites (N-methyl/N-ethyl adjacent to an activating group) is 1. The Morgan fingerprint density at radius 3 is 2.48 bits per heavy atom. The summed E-state index contributed by atoms with van der Waals surface area (Å²) >= 11 is 0. The van der Waals surface area contributed by atoms with Crippen molar-refractivity contribution in [1.82, 2.24) is 25.3 Å². The average molecular weight is 343 g/mol. The second-order valence-electron chi connectivity index (χ2n) is 6.12. The molecule has 0 aliphatic carbocycles. The third-order valence-electron chi connectivity index (χ3n) is 4.47. The van der Waals surface area contributed by atoms with Crippen molar-refractivity contribution in [2.24, 2.45) is 7.05 Å². The molecule has 2 N–H and O–H groups in total. The van der Waals surface area contributed by atoms with Crippen molar-refractivity contribution in [3.63, 3.8) is 0 Å². The fraction of sp³-hybridized carbons (Fsp3) is 0.474. The van der Waals surface area contributed by atoms with Gasteiger partial charge in [0.1, 0.15) is 6.04 Å². The van der Waals surface area contributed by atoms with Crippen molar-refractivity contribution in [2.45, 2.75) is 33.0 Å². The topological polar surface area (TPSA) is 62.2 Å². The maximum atomic E-state index is 12.6. The summed E-state index contributed by atoms with van der Waals surface area (Å²) in [6.45, 7) is 7.78. The van der Waals surface area contributed by atoms with Crippen LogP contribution in [0.5, 0.6) is 0 Å². The van der Waals surface area contributed by atoms with Gasteiger partial charge in [-0.3, -0.25) is 14.4 Å². The molecule has 136 valence electrons. The second-order valence-corrected chi connectivity index (χ2v) is 6.12. The Morgan fingerprint density at radius 2 is 1.92 bits per heavy atom. The summed E-state index contributed by atoms with van der Waals surface area (Å²) in [5.74, 6) is -0.0480. The Labute approximate surface area is 150 Å². The minimum absolute atomic E-state index is 0.0480. The number of carbonyl (C=O) groups excluding carboxylic acids is 1. The van der Waals surface area contributed by atoms with E-state index in [1.54, 1.807) is 17.9 Å². The Bertz CT molecular complexity index is 678. The van der Waals surface area contributed by atoms with Crippen LogP contribution in [0.25, 0.3) is 0 Å². The van der Waals surface area contributed by atoms with Crippen molar-refractivity contribution >= 4 is 5.91 Å². The Balaban J connectivity index is 2.04. The summed E-state index contributed by atoms with van der Waals surface area (Å²) < 4.78 is 1.70. The molecule has 6 nitrogen and oxygen atoms in total. The molecule has 1 heterocycles. The highest BCUT2D eigenvalue weighted by atomic mass is 16.2. The highest BCUT2D eigenvalue weighted by Crippen LogP contribution is 2.14. The van der Waals surface area contributed by atoms with Crippen LogP contribution in [-0.2, 0) is 24.9 Å². The quantitative estimate of drug-likeness (QED) is 0.729. The first-order valence-electron chi connectivity index (χ1n) is 8.81. The van der Waals surface area contributed by atoms with Gasteiger partial charge in [0.15, 0.2) is 0 Å². The van der Waals surface area contributed by atoms with Crippen molar-refractivity contribution in [2.75, 3.05) is 20.1 Å². The number of carbonyl (C=O) groups is 1. The van der Waals surface area contributed by atoms with Gasteiger partial charge in [0.25, 0.3) is 0 Å². The van der Waals surface area contributed by atoms with Gasteiger partial charge in [-0.25, -0.2) is 0 Å². The minimum atomic E-state index is -0.399. The van der Waals surface area contributed by atoms with Crippen molar-refractivity contribution < 1.29 is 4.79 Å². The molecule has 0 bridgehead atoms. The predicted octanol–water partition coefficient (Wildman–Crippen LogP) is 1.84. The van der Waals surface area contributed by atoms with E-state index in [1.165, 1.54) is 5.56 Å². The van der Waals surface area contributed by atoms with Gasteiger partial charge in [0, 0.05) is 31.9 Å². The Morgan fingerprint density at radius 1 is 1.24 bits per heavy atom. The molecule has 6 heteroatoms. The highest BCUT2D eigenvalue weighted by Gasteiger charge is 2.20. The molecule has 1 amide bonds. The van der Waals surface area contributed by atoms with Crippen LogP contribution < -0.4 is 10.6 Å². The number of hydrogen-bond acceptors (Lipinski definition) is 4. The molecule has 25 heavy (non-hydrogen) atoms. The molecule has 1 aromatic carbocycles. The van der Waals surface area contributed by atoms with E-state index in [9.17, 15) is 4.79 Å². The van der Waals surface area contributed by atoms with E-state index in [0.29, 0.717) is 6.54 Å². The molecule has 0 saturated carbocycles. The largest absolute Gasteiger partial charge is 0.350 e. The summed E-state index contributed by atoms with van der Waals surface area (Å²) in [5, 5.41) is 10.3. The smallest absolute Gasteiger partial charge is 0.242 e. The van der Waals surface area contributed by atoms with E-state index in [0.717, 1.165) is 30.8 Å². The molecule has 0 aliphatic rings. The molecule has 1 unspecified atom stereocenters. The second kappa shape index (κ2) is 9.34. The summed E-state index contributed by atoms with van der Waals surface area (Å²) in [4.78, 5) is 14.9. The average Bonchev–Trinajstić information content (AvgIpc) is 3.05. The Hall–Kier alpha value is -2.18. The van der Waals surface area contributed by atoms with Gasteiger partial charge in [0.2, 0.25) is 5.91 Å². The summed E-state index contributed by atoms with van der Waals surface area (Å²) in [5.41, 5.74) is 3.27. The lowest BCUT2D eigenvalue weighted by atomic mass is 10.1. The van der Waals surface area contributed by atoms with Gasteiger partial charge in [-0.2, -0.15) is 5.10 Å². The van der Waals surface area contributed by atoms with Crippen molar-refractivity contribution in [1.29, 1.82) is 0 Å². The molecule has 2 aromatic rings. The fourth-order valence-corrected chi connectivity index (χ4v) is 2.90. The van der Waals surface area contributed by atoms with Crippen LogP contribution in [-0.4, -0.2) is 40.7 Å². The molecule has 1 atom stereocenters. The SMILES string of the molecule is CCN(CC)Cc1ccccc1CNC(=O)C(NC)c1cnn(C)c1. The zero-order chi connectivity index (χ0) is 18.2. The third-order valence-corrected chi connectivity index (χ3v) is 4.47. The molecular formula is C19H29N5O. The predicted molar refractivity (Wildman–Crippen MR) is 99.9 cm³/mol. The number of amides is 1. The molecule has 0 radical (unpaired) electrons. The van der Waals surface area contributed by atoms with Gasteiger partial charge in [-0.1, -0.05) is 38.1 Å². The van der Waals surface area contributed by atoms with Crippen molar-refractivity contribution in [3.8, 4) is 0 Å². The number of nitrogens with one attached hydrogen (secondary N) is 2. The molecule has 0 fully saturated rings. The van der Waals surface area contributed by atoms with Crippen LogP contribution in [0.1, 0.15) is 36.6 Å². The third kappa shape index (κ3) is 5.14. The first-order chi connectivity index (χ1) is 12.1. The monoisotopic (exact) mass is 343 g/mol. The fourth-order valence-electron chi connectivity index (χ4n) is 2.90. The minimum Gasteiger partial charge on any atom is -0.350 e. The maximum Gasteiger partial charge on any atom is 0.242 e. The van der Waals surface area contributed by atoms with Crippen LogP contribution in [0.2, 0.25) is 0 Å². The van der Waals surface area contributed by atoms with Gasteiger partial charge in [-0.15, -0.1) is 0 Å². The standard InChI is InChI=1S/C19H29N5O/c1-5-24(6-2)14-16-10-8-7-9-15(16)11-21-19(25)18(20-3)17-12-22-23(4)13-17/h7-10,12-13,18,20H,5-6,11,14H2,1-4H3,(H,21,25). The van der Waals surface area contributed by atoms with Crippen LogP contribution in [0, 0.1) is 0 Å². The lowest BCUT2D eigenvalue weighted by Crippen LogP contribution is -2.35. The van der Waals surface area contributed by atoms with Crippen LogP contribution in [0.3, 0.4) is 0 Å². The summed E-state index contributed by atoms with van der Waals surface area (Å²) in [6.07, 6.45) is 3.57. The van der Waals surface area contributed by atoms with Crippen LogP contribution in [0.4, 0.5) is 0 Å². The number of rotatable bonds is 9. The van der Waals surface area contributed by atoms with E-state index in [1.807, 2.05) is 19.3 Å². The van der Waals surface area contributed by atoms with Crippen LogP contribution in [0.15, 0.2) is 36.7 Å². The van der Waals surface area contributed by atoms with E-state index < -0.39 is 6.04 Å². The van der Waals surface area contributed by atoms with E-state index in [2.05, 4.69) is 52.7 Å². The number of aryl methyl sites for hydroxylation is 1. The molecule has 1 aromatic heterocycles. The maximum absolute atomic E-state index is 12.6. The normalized spacial score (nSPS) is 12.4. The highest BCUT2D eigenvalue weighted by molar-refractivity contribution is 5.83. The van der Waals surface area contributed by atoms with Gasteiger partial charge in [0.05, 0.1) is 6.20 Å². The molecule has 0 spiro atoms. The first-order valence-corrected chi connectivity index (χ1v) is 8.81. The number of nitrogens with zero attached hydrogens (tertiary/aromatic N) is 3. The summed E-state index contributed by atoms with van der Waals surface area (Å²) in [6, 6.07) is 7.89. The van der Waals surface area contributed by atoms with E-state index in [4.69, 9.17) is 0 Å². The van der Waals surface area contributed by atoms with Gasteiger partial charge in [-0.05, 0) is 31.3 Å². The number of benzene rings is 1. The number of aromatic nitrogens is 2. The van der Waals surface area contributed by atoms with E-state index >= 15 is 0 Å². The lowest BCUT2D eigenvalue weighted by Gasteiger charge is -2.21. The van der Waals surface area contributed by atoms with Crippen molar-refractivity contribution in [3.05, 3.63) is 53.3 Å². The van der Waals surface area contributed by atoms with Crippen LogP contribution >= 0.6 is 0 Å². The number of hydrogen-bond donors (Lipinski definition) is 2. The Kier molecular flexibility index (Phi) is 7.16. The zero-order valence-electron chi connectivity index (χ0n) is 15.6. The van der Waals surface area contributed by atoms with Gasteiger partial charge >= 0.3 is 0 Å². The summed E-state index contributed by atoms with van der Waals surface area (Å²) in [7, 11) is 3.63. The molecule has 0 aliphatic heterocycles. The van der Waals surface area contributed by atoms with Gasteiger partial charge < -0.3 is 10.6 Å². The molecular weight excluding hydrogens is 314 g/mol. The van der Waals surface area contributed by atoms with E-state index in [-0.39, 0.29) is 5.91 Å². The molecule has 2 rings (SSSR count).